The molecule has 5 nitrogen and oxygen atoms in total. The van der Waals surface area contributed by atoms with Crippen molar-refractivity contribution in [1.29, 1.82) is 0 Å². The Labute approximate surface area is 149 Å². The molecular formula is C14H15Cl2NO4S2. The number of sulfonamides is 1. The Morgan fingerprint density at radius 1 is 1.22 bits per heavy atom. The van der Waals surface area contributed by atoms with E-state index in [-0.39, 0.29) is 16.5 Å². The minimum Gasteiger partial charge on any atom is -0.495 e. The van der Waals surface area contributed by atoms with Crippen molar-refractivity contribution in [3.8, 4) is 5.75 Å². The molecule has 1 N–H and O–H groups in total. The fourth-order valence-corrected chi connectivity index (χ4v) is 4.40. The number of nitrogens with one attached hydrogen (secondary N) is 1. The predicted molar refractivity (Wildman–Crippen MR) is 92.3 cm³/mol. The van der Waals surface area contributed by atoms with Gasteiger partial charge < -0.3 is 9.47 Å². The van der Waals surface area contributed by atoms with Crippen LogP contribution >= 0.6 is 34.5 Å². The summed E-state index contributed by atoms with van der Waals surface area (Å²) in [6, 6.07) is 7.82. The van der Waals surface area contributed by atoms with Gasteiger partial charge in [-0.05, 0) is 30.3 Å². The van der Waals surface area contributed by atoms with Crippen molar-refractivity contribution >= 4 is 44.6 Å². The number of thiophene rings is 1. The minimum atomic E-state index is -3.71. The van der Waals surface area contributed by atoms with Crippen LogP contribution in [-0.4, -0.2) is 29.2 Å². The van der Waals surface area contributed by atoms with Crippen LogP contribution in [0.4, 0.5) is 0 Å². The van der Waals surface area contributed by atoms with E-state index in [1.54, 1.807) is 12.1 Å². The van der Waals surface area contributed by atoms with Crippen LogP contribution in [-0.2, 0) is 14.8 Å². The van der Waals surface area contributed by atoms with Gasteiger partial charge in [0.2, 0.25) is 10.0 Å². The minimum absolute atomic E-state index is 0.0577. The van der Waals surface area contributed by atoms with Crippen LogP contribution in [0.1, 0.15) is 11.0 Å². The largest absolute Gasteiger partial charge is 0.495 e. The number of hydrogen-bond donors (Lipinski definition) is 1. The molecule has 0 saturated heterocycles. The molecule has 0 bridgehead atoms. The summed E-state index contributed by atoms with van der Waals surface area (Å²) in [4.78, 5) is 0.898. The highest BCUT2D eigenvalue weighted by atomic mass is 35.5. The summed E-state index contributed by atoms with van der Waals surface area (Å²) in [6.45, 7) is 0.0827. The second kappa shape index (κ2) is 7.83. The molecule has 0 amide bonds. The SMILES string of the molecule is COc1ccc(S(=O)(=O)NCC(OC)c2ccc(Cl)s2)cc1Cl. The molecule has 1 aromatic heterocycles. The first-order chi connectivity index (χ1) is 10.9. The van der Waals surface area contributed by atoms with Gasteiger partial charge in [-0.15, -0.1) is 11.3 Å². The van der Waals surface area contributed by atoms with E-state index in [0.29, 0.717) is 10.1 Å². The van der Waals surface area contributed by atoms with Gasteiger partial charge in [-0.3, -0.25) is 0 Å². The fourth-order valence-electron chi connectivity index (χ4n) is 1.88. The van der Waals surface area contributed by atoms with E-state index in [1.807, 2.05) is 0 Å². The van der Waals surface area contributed by atoms with Crippen LogP contribution in [0.25, 0.3) is 0 Å². The van der Waals surface area contributed by atoms with E-state index in [4.69, 9.17) is 32.7 Å². The van der Waals surface area contributed by atoms with Crippen molar-refractivity contribution in [3.63, 3.8) is 0 Å². The molecule has 0 aliphatic rings. The van der Waals surface area contributed by atoms with Crippen molar-refractivity contribution in [1.82, 2.24) is 4.72 Å². The average Bonchev–Trinajstić information content (AvgIpc) is 2.94. The van der Waals surface area contributed by atoms with E-state index >= 15 is 0 Å². The molecule has 1 aromatic carbocycles. The van der Waals surface area contributed by atoms with Crippen molar-refractivity contribution < 1.29 is 17.9 Å². The molecule has 0 saturated carbocycles. The highest BCUT2D eigenvalue weighted by Gasteiger charge is 2.20. The lowest BCUT2D eigenvalue weighted by Gasteiger charge is -2.15. The van der Waals surface area contributed by atoms with Crippen molar-refractivity contribution in [2.75, 3.05) is 20.8 Å². The maximum Gasteiger partial charge on any atom is 0.240 e. The fraction of sp³-hybridized carbons (Fsp3) is 0.286. The van der Waals surface area contributed by atoms with Crippen LogP contribution in [0, 0.1) is 0 Å². The third-order valence-corrected chi connectivity index (χ3v) is 6.13. The lowest BCUT2D eigenvalue weighted by atomic mass is 10.3. The first-order valence-corrected chi connectivity index (χ1v) is 9.54. The molecule has 1 unspecified atom stereocenters. The Morgan fingerprint density at radius 3 is 2.48 bits per heavy atom. The smallest absolute Gasteiger partial charge is 0.240 e. The quantitative estimate of drug-likeness (QED) is 0.775. The summed E-state index contributed by atoms with van der Waals surface area (Å²) < 4.78 is 38.2. The number of hydrogen-bond acceptors (Lipinski definition) is 5. The van der Waals surface area contributed by atoms with Gasteiger partial charge in [0, 0.05) is 18.5 Å². The van der Waals surface area contributed by atoms with Gasteiger partial charge >= 0.3 is 0 Å². The molecule has 0 fully saturated rings. The predicted octanol–water partition coefficient (Wildman–Crippen LogP) is 3.73. The monoisotopic (exact) mass is 395 g/mol. The van der Waals surface area contributed by atoms with Gasteiger partial charge in [0.15, 0.2) is 0 Å². The first-order valence-electron chi connectivity index (χ1n) is 6.48. The van der Waals surface area contributed by atoms with Crippen LogP contribution < -0.4 is 9.46 Å². The van der Waals surface area contributed by atoms with E-state index in [0.717, 1.165) is 4.88 Å². The van der Waals surface area contributed by atoms with Crippen LogP contribution in [0.3, 0.4) is 0 Å². The first kappa shape index (κ1) is 18.5. The number of rotatable bonds is 7. The Balaban J connectivity index is 2.13. The maximum absolute atomic E-state index is 12.4. The van der Waals surface area contributed by atoms with Crippen molar-refractivity contribution in [2.24, 2.45) is 0 Å². The van der Waals surface area contributed by atoms with Crippen LogP contribution in [0.2, 0.25) is 9.36 Å². The van der Waals surface area contributed by atoms with E-state index in [1.165, 1.54) is 43.8 Å². The number of benzene rings is 1. The summed E-state index contributed by atoms with van der Waals surface area (Å²) in [5.41, 5.74) is 0. The molecule has 0 aliphatic carbocycles. The Kier molecular flexibility index (Phi) is 6.30. The van der Waals surface area contributed by atoms with Gasteiger partial charge in [0.25, 0.3) is 0 Å². The number of ether oxygens (including phenoxy) is 2. The molecule has 0 radical (unpaired) electrons. The molecule has 0 spiro atoms. The Morgan fingerprint density at radius 2 is 1.96 bits per heavy atom. The maximum atomic E-state index is 12.4. The third kappa shape index (κ3) is 4.59. The van der Waals surface area contributed by atoms with Gasteiger partial charge in [-0.1, -0.05) is 23.2 Å². The molecule has 23 heavy (non-hydrogen) atoms. The lowest BCUT2D eigenvalue weighted by molar-refractivity contribution is 0.110. The lowest BCUT2D eigenvalue weighted by Crippen LogP contribution is -2.29. The van der Waals surface area contributed by atoms with Gasteiger partial charge in [-0.25, -0.2) is 13.1 Å². The van der Waals surface area contributed by atoms with E-state index in [2.05, 4.69) is 4.72 Å². The average molecular weight is 396 g/mol. The summed E-state index contributed by atoms with van der Waals surface area (Å²) in [7, 11) is -0.740. The van der Waals surface area contributed by atoms with E-state index < -0.39 is 16.1 Å². The van der Waals surface area contributed by atoms with Crippen LogP contribution in [0.5, 0.6) is 5.75 Å². The van der Waals surface area contributed by atoms with Gasteiger partial charge in [-0.2, -0.15) is 0 Å². The van der Waals surface area contributed by atoms with Gasteiger partial charge in [0.1, 0.15) is 11.9 Å². The molecule has 1 atom stereocenters. The van der Waals surface area contributed by atoms with Gasteiger partial charge in [0.05, 0.1) is 21.4 Å². The normalized spacial score (nSPS) is 13.0. The molecule has 1 heterocycles. The van der Waals surface area contributed by atoms with E-state index in [9.17, 15) is 8.42 Å². The molecule has 126 valence electrons. The zero-order chi connectivity index (χ0) is 17.0. The van der Waals surface area contributed by atoms with Crippen LogP contribution in [0.15, 0.2) is 35.2 Å². The summed E-state index contributed by atoms with van der Waals surface area (Å²) in [5.74, 6) is 0.411. The molecule has 2 aromatic rings. The number of methoxy groups -OCH3 is 2. The third-order valence-electron chi connectivity index (χ3n) is 3.09. The molecular weight excluding hydrogens is 381 g/mol. The Hall–Kier alpha value is -0.830. The standard InChI is InChI=1S/C14H15Cl2NO4S2/c1-20-11-4-3-9(7-10(11)15)23(18,19)17-8-12(21-2)13-5-6-14(16)22-13/h3-7,12,17H,8H2,1-2H3. The van der Waals surface area contributed by atoms with Crippen molar-refractivity contribution in [3.05, 3.63) is 44.6 Å². The molecule has 9 heteroatoms. The van der Waals surface area contributed by atoms with Crippen molar-refractivity contribution in [2.45, 2.75) is 11.0 Å². The summed E-state index contributed by atoms with van der Waals surface area (Å²) in [6.07, 6.45) is -0.420. The molecule has 0 aliphatic heterocycles. The highest BCUT2D eigenvalue weighted by Crippen LogP contribution is 2.29. The Bertz CT molecular complexity index is 777. The number of halogens is 2. The highest BCUT2D eigenvalue weighted by molar-refractivity contribution is 7.89. The zero-order valence-corrected chi connectivity index (χ0v) is 15.5. The molecule has 2 rings (SSSR count). The summed E-state index contributed by atoms with van der Waals surface area (Å²) >= 11 is 13.2. The second-order valence-electron chi connectivity index (χ2n) is 4.51. The second-order valence-corrected chi connectivity index (χ2v) is 8.44. The summed E-state index contributed by atoms with van der Waals surface area (Å²) in [5, 5.41) is 0.226. The zero-order valence-electron chi connectivity index (χ0n) is 12.4. The topological polar surface area (TPSA) is 64.6 Å².